The van der Waals surface area contributed by atoms with Gasteiger partial charge in [0.15, 0.2) is 11.3 Å². The van der Waals surface area contributed by atoms with Gasteiger partial charge in [0, 0.05) is 6.20 Å². The number of nitriles is 1. The maximum absolute atomic E-state index is 11.5. The van der Waals surface area contributed by atoms with Crippen LogP contribution in [0.5, 0.6) is 0 Å². The molecule has 0 aliphatic rings. The molecule has 0 saturated heterocycles. The number of carbonyl (C=O) groups is 2. The van der Waals surface area contributed by atoms with Crippen molar-refractivity contribution < 1.29 is 19.1 Å². The lowest BCUT2D eigenvalue weighted by Crippen LogP contribution is -2.10. The van der Waals surface area contributed by atoms with Crippen molar-refractivity contribution in [3.63, 3.8) is 0 Å². The van der Waals surface area contributed by atoms with Crippen molar-refractivity contribution in [2.45, 2.75) is 13.8 Å². The predicted molar refractivity (Wildman–Crippen MR) is 74.1 cm³/mol. The second kappa shape index (κ2) is 8.32. The van der Waals surface area contributed by atoms with Gasteiger partial charge in [-0.15, -0.1) is 0 Å². The van der Waals surface area contributed by atoms with E-state index in [9.17, 15) is 9.59 Å². The predicted octanol–water partition coefficient (Wildman–Crippen LogP) is 1.64. The van der Waals surface area contributed by atoms with E-state index in [1.165, 1.54) is 12.3 Å². The molecule has 0 unspecified atom stereocenters. The number of nitrogens with zero attached hydrogens (tertiary/aromatic N) is 2. The molecule has 1 N–H and O–H groups in total. The molecule has 0 atom stereocenters. The molecule has 1 aromatic rings. The van der Waals surface area contributed by atoms with Crippen molar-refractivity contribution in [3.05, 3.63) is 35.7 Å². The highest BCUT2D eigenvalue weighted by molar-refractivity contribution is 5.93. The Labute approximate surface area is 122 Å². The molecule has 1 aromatic heterocycles. The van der Waals surface area contributed by atoms with E-state index >= 15 is 0 Å². The van der Waals surface area contributed by atoms with Gasteiger partial charge in [-0.05, 0) is 26.0 Å². The molecule has 7 nitrogen and oxygen atoms in total. The summed E-state index contributed by atoms with van der Waals surface area (Å²) in [6.07, 6.45) is 1.18. The van der Waals surface area contributed by atoms with E-state index in [2.05, 4.69) is 10.3 Å². The highest BCUT2D eigenvalue weighted by atomic mass is 16.5. The Morgan fingerprint density at radius 2 is 2.05 bits per heavy atom. The van der Waals surface area contributed by atoms with Gasteiger partial charge < -0.3 is 14.8 Å². The van der Waals surface area contributed by atoms with E-state index in [-0.39, 0.29) is 24.5 Å². The van der Waals surface area contributed by atoms with E-state index < -0.39 is 11.9 Å². The van der Waals surface area contributed by atoms with Crippen LogP contribution in [0, 0.1) is 11.3 Å². The lowest BCUT2D eigenvalue weighted by atomic mass is 10.3. The van der Waals surface area contributed by atoms with Crippen LogP contribution in [0.4, 0.5) is 5.82 Å². The third kappa shape index (κ3) is 4.95. The maximum Gasteiger partial charge on any atom is 0.356 e. The Morgan fingerprint density at radius 3 is 2.67 bits per heavy atom. The van der Waals surface area contributed by atoms with Crippen molar-refractivity contribution in [1.82, 2.24) is 4.98 Å². The van der Waals surface area contributed by atoms with Crippen molar-refractivity contribution in [1.29, 1.82) is 5.26 Å². The summed E-state index contributed by atoms with van der Waals surface area (Å²) in [5.41, 5.74) is -0.0647. The second-order valence-electron chi connectivity index (χ2n) is 3.66. The Hall–Kier alpha value is -2.88. The number of ether oxygens (including phenoxy) is 2. The highest BCUT2D eigenvalue weighted by Gasteiger charge is 2.11. The molecule has 0 fully saturated rings. The number of nitrogens with one attached hydrogen (secondary N) is 1. The number of anilines is 1. The van der Waals surface area contributed by atoms with Crippen molar-refractivity contribution in [2.75, 3.05) is 18.5 Å². The summed E-state index contributed by atoms with van der Waals surface area (Å²) in [4.78, 5) is 26.9. The van der Waals surface area contributed by atoms with Crippen LogP contribution in [0.1, 0.15) is 24.3 Å². The Kier molecular flexibility index (Phi) is 6.41. The van der Waals surface area contributed by atoms with Gasteiger partial charge in [-0.3, -0.25) is 0 Å². The fraction of sp³-hybridized carbons (Fsp3) is 0.286. The monoisotopic (exact) mass is 289 g/mol. The quantitative estimate of drug-likeness (QED) is 0.482. The largest absolute Gasteiger partial charge is 0.462 e. The molecule has 1 rings (SSSR count). The molecule has 0 saturated carbocycles. The van der Waals surface area contributed by atoms with E-state index in [0.29, 0.717) is 5.82 Å². The van der Waals surface area contributed by atoms with E-state index in [1.54, 1.807) is 32.0 Å². The molecular weight excluding hydrogens is 274 g/mol. The van der Waals surface area contributed by atoms with Gasteiger partial charge in [0.1, 0.15) is 11.9 Å². The van der Waals surface area contributed by atoms with Gasteiger partial charge in [-0.25, -0.2) is 14.6 Å². The van der Waals surface area contributed by atoms with Gasteiger partial charge in [0.2, 0.25) is 0 Å². The minimum absolute atomic E-state index is 0.130. The first-order valence-corrected chi connectivity index (χ1v) is 6.30. The van der Waals surface area contributed by atoms with Crippen LogP contribution in [0.25, 0.3) is 0 Å². The van der Waals surface area contributed by atoms with Crippen LogP contribution in [0.15, 0.2) is 30.0 Å². The summed E-state index contributed by atoms with van der Waals surface area (Å²) in [5, 5.41) is 11.5. The first-order valence-electron chi connectivity index (χ1n) is 6.30. The molecule has 0 aliphatic heterocycles. The molecule has 7 heteroatoms. The van der Waals surface area contributed by atoms with Gasteiger partial charge in [0.25, 0.3) is 0 Å². The molecule has 0 aromatic carbocycles. The minimum Gasteiger partial charge on any atom is -0.462 e. The standard InChI is InChI=1S/C14H15N3O4/c1-3-20-13(18)10(8-15)9-16-12-7-5-6-11(17-12)14(19)21-4-2/h5-7,9H,3-4H2,1-2H3,(H,16,17)/b10-9-. The zero-order valence-corrected chi connectivity index (χ0v) is 11.8. The average molecular weight is 289 g/mol. The molecule has 0 bridgehead atoms. The van der Waals surface area contributed by atoms with Crippen LogP contribution in [0.3, 0.4) is 0 Å². The van der Waals surface area contributed by atoms with Crippen LogP contribution >= 0.6 is 0 Å². The first-order chi connectivity index (χ1) is 10.1. The van der Waals surface area contributed by atoms with Gasteiger partial charge in [-0.2, -0.15) is 5.26 Å². The summed E-state index contributed by atoms with van der Waals surface area (Å²) in [6.45, 7) is 3.76. The molecule has 110 valence electrons. The fourth-order valence-electron chi connectivity index (χ4n) is 1.33. The molecule has 21 heavy (non-hydrogen) atoms. The number of rotatable bonds is 6. The fourth-order valence-corrected chi connectivity index (χ4v) is 1.33. The van der Waals surface area contributed by atoms with Crippen LogP contribution in [-0.2, 0) is 14.3 Å². The third-order valence-electron chi connectivity index (χ3n) is 2.21. The highest BCUT2D eigenvalue weighted by Crippen LogP contribution is 2.07. The molecule has 1 heterocycles. The second-order valence-corrected chi connectivity index (χ2v) is 3.66. The maximum atomic E-state index is 11.5. The van der Waals surface area contributed by atoms with E-state index in [4.69, 9.17) is 14.7 Å². The zero-order valence-electron chi connectivity index (χ0n) is 11.8. The molecule has 0 amide bonds. The Bertz CT molecular complexity index is 590. The molecule has 0 aliphatic carbocycles. The van der Waals surface area contributed by atoms with Gasteiger partial charge >= 0.3 is 11.9 Å². The molecule has 0 radical (unpaired) electrons. The number of pyridine rings is 1. The van der Waals surface area contributed by atoms with Crippen LogP contribution in [0.2, 0.25) is 0 Å². The SMILES string of the molecule is CCOC(=O)/C(C#N)=C\Nc1cccc(C(=O)OCC)n1. The first kappa shape index (κ1) is 16.2. The number of esters is 2. The number of carbonyl (C=O) groups excluding carboxylic acids is 2. The van der Waals surface area contributed by atoms with Crippen molar-refractivity contribution in [2.24, 2.45) is 0 Å². The Morgan fingerprint density at radius 1 is 1.33 bits per heavy atom. The smallest absolute Gasteiger partial charge is 0.356 e. The summed E-state index contributed by atoms with van der Waals surface area (Å²) in [7, 11) is 0. The summed E-state index contributed by atoms with van der Waals surface area (Å²) >= 11 is 0. The zero-order chi connectivity index (χ0) is 15.7. The van der Waals surface area contributed by atoms with Gasteiger partial charge in [-0.1, -0.05) is 6.07 Å². The van der Waals surface area contributed by atoms with Crippen LogP contribution in [-0.4, -0.2) is 30.1 Å². The Balaban J connectivity index is 2.83. The lowest BCUT2D eigenvalue weighted by Gasteiger charge is -2.04. The topological polar surface area (TPSA) is 101 Å². The molecule has 0 spiro atoms. The number of hydrogen-bond donors (Lipinski definition) is 1. The third-order valence-corrected chi connectivity index (χ3v) is 2.21. The summed E-state index contributed by atoms with van der Waals surface area (Å²) in [6, 6.07) is 6.41. The minimum atomic E-state index is -0.728. The van der Waals surface area contributed by atoms with E-state index in [1.807, 2.05) is 0 Å². The van der Waals surface area contributed by atoms with E-state index in [0.717, 1.165) is 0 Å². The lowest BCUT2D eigenvalue weighted by molar-refractivity contribution is -0.138. The molecular formula is C14H15N3O4. The van der Waals surface area contributed by atoms with Gasteiger partial charge in [0.05, 0.1) is 13.2 Å². The number of aromatic nitrogens is 1. The van der Waals surface area contributed by atoms with Crippen molar-refractivity contribution in [3.8, 4) is 6.07 Å². The van der Waals surface area contributed by atoms with Crippen molar-refractivity contribution >= 4 is 17.8 Å². The number of hydrogen-bond acceptors (Lipinski definition) is 7. The summed E-state index contributed by atoms with van der Waals surface area (Å²) < 4.78 is 9.54. The average Bonchev–Trinajstić information content (AvgIpc) is 2.49. The normalized spacial score (nSPS) is 10.4. The summed E-state index contributed by atoms with van der Waals surface area (Å²) in [5.74, 6) is -0.970. The van der Waals surface area contributed by atoms with Crippen LogP contribution < -0.4 is 5.32 Å².